The normalized spacial score (nSPS) is 17.9. The van der Waals surface area contributed by atoms with Crippen molar-refractivity contribution < 1.29 is 19.1 Å². The number of fused-ring (bicyclic) bond motifs is 1. The van der Waals surface area contributed by atoms with Crippen LogP contribution in [0.15, 0.2) is 72.6 Å². The number of ketones is 1. The molecule has 0 bridgehead atoms. The van der Waals surface area contributed by atoms with Gasteiger partial charge in [-0.15, -0.1) is 0 Å². The molecule has 1 unspecified atom stereocenters. The molecule has 0 radical (unpaired) electrons. The first-order valence-corrected chi connectivity index (χ1v) is 10.6. The van der Waals surface area contributed by atoms with Crippen LogP contribution < -0.4 is 4.90 Å². The Kier molecular flexibility index (Phi) is 4.79. The lowest BCUT2D eigenvalue weighted by molar-refractivity contribution is -0.132. The zero-order chi connectivity index (χ0) is 22.4. The number of anilines is 1. The Morgan fingerprint density at radius 2 is 1.84 bits per heavy atom. The molecule has 1 aliphatic heterocycles. The van der Waals surface area contributed by atoms with E-state index < -0.39 is 23.5 Å². The van der Waals surface area contributed by atoms with E-state index in [0.29, 0.717) is 21.8 Å². The molecule has 1 aliphatic rings. The summed E-state index contributed by atoms with van der Waals surface area (Å²) in [5.74, 6) is -2.41. The van der Waals surface area contributed by atoms with Crippen molar-refractivity contribution in [1.82, 2.24) is 9.97 Å². The van der Waals surface area contributed by atoms with Crippen LogP contribution >= 0.6 is 11.3 Å². The number of aryl methyl sites for hydroxylation is 1. The molecule has 3 heterocycles. The molecule has 6 nitrogen and oxygen atoms in total. The molecule has 2 aromatic heterocycles. The van der Waals surface area contributed by atoms with Gasteiger partial charge in [0.1, 0.15) is 11.6 Å². The Hall–Kier alpha value is -3.91. The monoisotopic (exact) mass is 445 g/mol. The van der Waals surface area contributed by atoms with Crippen LogP contribution in [0.2, 0.25) is 0 Å². The summed E-state index contributed by atoms with van der Waals surface area (Å²) in [6.07, 6.45) is 3.10. The number of carbonyl (C=O) groups is 2. The first-order chi connectivity index (χ1) is 15.5. The second-order valence-electron chi connectivity index (χ2n) is 7.38. The SMILES string of the molecule is Cc1cc(/C(O)=C2\C(=O)C(=O)N(c3nc4ccccc4s3)C2c2ccncc2)ccc1F. The zero-order valence-electron chi connectivity index (χ0n) is 16.8. The molecule has 2 aromatic carbocycles. The van der Waals surface area contributed by atoms with Crippen LogP contribution in [0.5, 0.6) is 0 Å². The highest BCUT2D eigenvalue weighted by Gasteiger charge is 2.48. The van der Waals surface area contributed by atoms with Gasteiger partial charge in [-0.25, -0.2) is 9.37 Å². The number of nitrogens with zero attached hydrogens (tertiary/aromatic N) is 3. The van der Waals surface area contributed by atoms with Gasteiger partial charge in [0.15, 0.2) is 5.13 Å². The lowest BCUT2D eigenvalue weighted by atomic mass is 9.95. The van der Waals surface area contributed by atoms with E-state index in [9.17, 15) is 19.1 Å². The number of pyridine rings is 1. The molecule has 32 heavy (non-hydrogen) atoms. The van der Waals surface area contributed by atoms with Gasteiger partial charge in [-0.3, -0.25) is 19.5 Å². The third-order valence-corrected chi connectivity index (χ3v) is 6.42. The Morgan fingerprint density at radius 1 is 1.09 bits per heavy atom. The molecule has 1 fully saturated rings. The van der Waals surface area contributed by atoms with Gasteiger partial charge in [0.25, 0.3) is 5.78 Å². The third-order valence-electron chi connectivity index (χ3n) is 5.39. The Bertz CT molecular complexity index is 1380. The number of aliphatic hydroxyl groups is 1. The van der Waals surface area contributed by atoms with Gasteiger partial charge in [-0.1, -0.05) is 23.5 Å². The summed E-state index contributed by atoms with van der Waals surface area (Å²) in [7, 11) is 0. The first-order valence-electron chi connectivity index (χ1n) is 9.78. The van der Waals surface area contributed by atoms with Gasteiger partial charge in [0.05, 0.1) is 21.8 Å². The summed E-state index contributed by atoms with van der Waals surface area (Å²) >= 11 is 1.29. The Labute approximate surface area is 186 Å². The van der Waals surface area contributed by atoms with Crippen LogP contribution in [0.3, 0.4) is 0 Å². The number of hydrogen-bond donors (Lipinski definition) is 1. The molecular formula is C24H16FN3O3S. The fourth-order valence-electron chi connectivity index (χ4n) is 3.80. The Morgan fingerprint density at radius 3 is 2.56 bits per heavy atom. The molecule has 4 aromatic rings. The first kappa shape index (κ1) is 20.0. The van der Waals surface area contributed by atoms with E-state index in [1.165, 1.54) is 34.4 Å². The number of carbonyl (C=O) groups excluding carboxylic acids is 2. The third kappa shape index (κ3) is 3.16. The van der Waals surface area contributed by atoms with E-state index >= 15 is 0 Å². The molecule has 8 heteroatoms. The van der Waals surface area contributed by atoms with Gasteiger partial charge < -0.3 is 5.11 Å². The minimum absolute atomic E-state index is 0.0773. The van der Waals surface area contributed by atoms with E-state index in [1.54, 1.807) is 31.5 Å². The zero-order valence-corrected chi connectivity index (χ0v) is 17.6. The molecule has 1 atom stereocenters. The summed E-state index contributed by atoms with van der Waals surface area (Å²) in [5.41, 5.74) is 1.79. The van der Waals surface area contributed by atoms with Crippen molar-refractivity contribution in [2.75, 3.05) is 4.90 Å². The van der Waals surface area contributed by atoms with E-state index in [4.69, 9.17) is 0 Å². The number of benzene rings is 2. The maximum absolute atomic E-state index is 13.8. The van der Waals surface area contributed by atoms with Crippen molar-refractivity contribution in [3.8, 4) is 0 Å². The van der Waals surface area contributed by atoms with Crippen molar-refractivity contribution in [3.05, 3.63) is 95.1 Å². The molecule has 1 amide bonds. The highest BCUT2D eigenvalue weighted by Crippen LogP contribution is 2.44. The number of aromatic nitrogens is 2. The van der Waals surface area contributed by atoms with Crippen LogP contribution in [0.1, 0.15) is 22.7 Å². The highest BCUT2D eigenvalue weighted by atomic mass is 32.1. The van der Waals surface area contributed by atoms with E-state index in [2.05, 4.69) is 9.97 Å². The van der Waals surface area contributed by atoms with E-state index in [-0.39, 0.29) is 16.9 Å². The summed E-state index contributed by atoms with van der Waals surface area (Å²) in [5, 5.41) is 11.4. The van der Waals surface area contributed by atoms with Gasteiger partial charge in [-0.05, 0) is 60.5 Å². The smallest absolute Gasteiger partial charge is 0.301 e. The van der Waals surface area contributed by atoms with Crippen molar-refractivity contribution >= 4 is 44.1 Å². The number of aliphatic hydroxyl groups excluding tert-OH is 1. The second kappa shape index (κ2) is 7.65. The molecule has 0 saturated carbocycles. The summed E-state index contributed by atoms with van der Waals surface area (Å²) in [6, 6.07) is 13.9. The van der Waals surface area contributed by atoms with Crippen LogP contribution in [0.4, 0.5) is 9.52 Å². The minimum atomic E-state index is -0.899. The van der Waals surface area contributed by atoms with E-state index in [0.717, 1.165) is 4.70 Å². The fraction of sp³-hybridized carbons (Fsp3) is 0.0833. The van der Waals surface area contributed by atoms with Gasteiger partial charge in [-0.2, -0.15) is 0 Å². The van der Waals surface area contributed by atoms with Crippen LogP contribution in [-0.2, 0) is 9.59 Å². The lowest BCUT2D eigenvalue weighted by Gasteiger charge is -2.22. The fourth-order valence-corrected chi connectivity index (χ4v) is 4.79. The predicted octanol–water partition coefficient (Wildman–Crippen LogP) is 4.77. The quantitative estimate of drug-likeness (QED) is 0.279. The molecule has 5 rings (SSSR count). The van der Waals surface area contributed by atoms with Crippen LogP contribution in [-0.4, -0.2) is 26.8 Å². The highest BCUT2D eigenvalue weighted by molar-refractivity contribution is 7.22. The maximum atomic E-state index is 13.8. The number of amides is 1. The lowest BCUT2D eigenvalue weighted by Crippen LogP contribution is -2.29. The molecule has 1 saturated heterocycles. The van der Waals surface area contributed by atoms with Gasteiger partial charge in [0.2, 0.25) is 0 Å². The van der Waals surface area contributed by atoms with E-state index in [1.807, 2.05) is 24.3 Å². The van der Waals surface area contributed by atoms with Crippen molar-refractivity contribution in [1.29, 1.82) is 0 Å². The van der Waals surface area contributed by atoms with Gasteiger partial charge >= 0.3 is 5.91 Å². The molecular weight excluding hydrogens is 429 g/mol. The standard InChI is InChI=1S/C24H16FN3O3S/c1-13-12-15(6-7-16(13)25)21(29)19-20(14-8-10-26-11-9-14)28(23(31)22(19)30)24-27-17-4-2-3-5-18(17)32-24/h2-12,20,29H,1H3/b21-19+. The largest absolute Gasteiger partial charge is 0.507 e. The van der Waals surface area contributed by atoms with Gasteiger partial charge in [0, 0.05) is 18.0 Å². The average Bonchev–Trinajstić information content (AvgIpc) is 3.34. The topological polar surface area (TPSA) is 83.4 Å². The maximum Gasteiger partial charge on any atom is 0.301 e. The van der Waals surface area contributed by atoms with Crippen LogP contribution in [0.25, 0.3) is 16.0 Å². The number of rotatable bonds is 3. The molecule has 158 valence electrons. The molecule has 0 spiro atoms. The second-order valence-corrected chi connectivity index (χ2v) is 8.39. The molecule has 0 aliphatic carbocycles. The van der Waals surface area contributed by atoms with Crippen LogP contribution in [0, 0.1) is 12.7 Å². The molecule has 1 N–H and O–H groups in total. The summed E-state index contributed by atoms with van der Waals surface area (Å²) in [6.45, 7) is 1.56. The van der Waals surface area contributed by atoms with Crippen molar-refractivity contribution in [3.63, 3.8) is 0 Å². The summed E-state index contributed by atoms with van der Waals surface area (Å²) < 4.78 is 14.6. The predicted molar refractivity (Wildman–Crippen MR) is 120 cm³/mol. The minimum Gasteiger partial charge on any atom is -0.507 e. The number of thiazole rings is 1. The Balaban J connectivity index is 1.73. The number of Topliss-reactive ketones (excluding diaryl/α,β-unsaturated/α-hetero) is 1. The number of halogens is 1. The van der Waals surface area contributed by atoms with Crippen molar-refractivity contribution in [2.24, 2.45) is 0 Å². The van der Waals surface area contributed by atoms with Crippen molar-refractivity contribution in [2.45, 2.75) is 13.0 Å². The number of hydrogen-bond acceptors (Lipinski definition) is 6. The average molecular weight is 445 g/mol. The summed E-state index contributed by atoms with van der Waals surface area (Å²) in [4.78, 5) is 36.2. The number of para-hydroxylation sites is 1.